The summed E-state index contributed by atoms with van der Waals surface area (Å²) in [5, 5.41) is 15.3. The molecule has 2 aromatic carbocycles. The number of H-pyrrole nitrogens is 1. The van der Waals surface area contributed by atoms with Crippen LogP contribution in [-0.2, 0) is 0 Å². The SMILES string of the molecule is Clc1ccc(/C=N\Nc2nnc(-c3ncc[nH]3)c3ccccc23)cc1. The Morgan fingerprint density at radius 2 is 1.80 bits per heavy atom. The van der Waals surface area contributed by atoms with E-state index in [4.69, 9.17) is 11.6 Å². The summed E-state index contributed by atoms with van der Waals surface area (Å²) in [6.07, 6.45) is 5.15. The fourth-order valence-electron chi connectivity index (χ4n) is 2.47. The van der Waals surface area contributed by atoms with Crippen LogP contribution in [0.1, 0.15) is 5.56 Å². The summed E-state index contributed by atoms with van der Waals surface area (Å²) in [5.41, 5.74) is 4.59. The third-order valence-electron chi connectivity index (χ3n) is 3.66. The van der Waals surface area contributed by atoms with Gasteiger partial charge >= 0.3 is 0 Å². The number of halogens is 1. The van der Waals surface area contributed by atoms with Crippen LogP contribution in [0.25, 0.3) is 22.3 Å². The molecule has 2 aromatic heterocycles. The average Bonchev–Trinajstić information content (AvgIpc) is 3.18. The topological polar surface area (TPSA) is 78.8 Å². The van der Waals surface area contributed by atoms with E-state index in [0.29, 0.717) is 22.4 Å². The summed E-state index contributed by atoms with van der Waals surface area (Å²) < 4.78 is 0. The van der Waals surface area contributed by atoms with Gasteiger partial charge in [-0.2, -0.15) is 5.10 Å². The van der Waals surface area contributed by atoms with E-state index in [2.05, 4.69) is 30.7 Å². The second kappa shape index (κ2) is 6.70. The second-order valence-electron chi connectivity index (χ2n) is 5.30. The van der Waals surface area contributed by atoms with E-state index < -0.39 is 0 Å². The standard InChI is InChI=1S/C18H13ClN6/c19-13-7-5-12(6-8-13)11-22-24-17-15-4-2-1-3-14(15)16(23-25-17)18-20-9-10-21-18/h1-11H,(H,20,21)(H,24,25)/b22-11-. The Balaban J connectivity index is 1.66. The Kier molecular flexibility index (Phi) is 4.10. The van der Waals surface area contributed by atoms with E-state index in [0.717, 1.165) is 16.3 Å². The van der Waals surface area contributed by atoms with Gasteiger partial charge in [0.1, 0.15) is 5.69 Å². The number of hydrogen-bond donors (Lipinski definition) is 2. The zero-order chi connectivity index (χ0) is 17.1. The number of nitrogens with one attached hydrogen (secondary N) is 2. The molecule has 122 valence electrons. The number of rotatable bonds is 4. The van der Waals surface area contributed by atoms with Crippen molar-refractivity contribution < 1.29 is 0 Å². The van der Waals surface area contributed by atoms with Crippen LogP contribution >= 0.6 is 11.6 Å². The Labute approximate surface area is 148 Å². The van der Waals surface area contributed by atoms with Crippen molar-refractivity contribution in [3.05, 3.63) is 71.5 Å². The predicted octanol–water partition coefficient (Wildman–Crippen LogP) is 4.12. The molecule has 4 rings (SSSR count). The highest BCUT2D eigenvalue weighted by atomic mass is 35.5. The zero-order valence-electron chi connectivity index (χ0n) is 13.0. The number of hydrazone groups is 1. The number of anilines is 1. The maximum atomic E-state index is 5.88. The highest BCUT2D eigenvalue weighted by Gasteiger charge is 2.11. The molecule has 4 aromatic rings. The van der Waals surface area contributed by atoms with Crippen molar-refractivity contribution in [1.29, 1.82) is 0 Å². The first-order valence-electron chi connectivity index (χ1n) is 7.61. The number of hydrogen-bond acceptors (Lipinski definition) is 5. The molecule has 2 N–H and O–H groups in total. The lowest BCUT2D eigenvalue weighted by Gasteiger charge is -2.07. The molecule has 0 saturated carbocycles. The predicted molar refractivity (Wildman–Crippen MR) is 99.8 cm³/mol. The Morgan fingerprint density at radius 1 is 1.00 bits per heavy atom. The number of aromatic nitrogens is 4. The van der Waals surface area contributed by atoms with E-state index in [9.17, 15) is 0 Å². The summed E-state index contributed by atoms with van der Waals surface area (Å²) in [6.45, 7) is 0. The van der Waals surface area contributed by atoms with Crippen molar-refractivity contribution in [2.75, 3.05) is 5.43 Å². The van der Waals surface area contributed by atoms with E-state index in [-0.39, 0.29) is 0 Å². The molecule has 0 unspecified atom stereocenters. The number of aromatic amines is 1. The molecule has 0 amide bonds. The van der Waals surface area contributed by atoms with Crippen LogP contribution in [0, 0.1) is 0 Å². The smallest absolute Gasteiger partial charge is 0.176 e. The molecule has 0 saturated heterocycles. The molecule has 7 heteroatoms. The maximum Gasteiger partial charge on any atom is 0.176 e. The van der Waals surface area contributed by atoms with Crippen LogP contribution in [-0.4, -0.2) is 26.4 Å². The Morgan fingerprint density at radius 3 is 2.56 bits per heavy atom. The molecule has 0 radical (unpaired) electrons. The summed E-state index contributed by atoms with van der Waals surface area (Å²) in [5.74, 6) is 1.26. The molecule has 0 aliphatic carbocycles. The number of nitrogens with zero attached hydrogens (tertiary/aromatic N) is 4. The maximum absolute atomic E-state index is 5.88. The van der Waals surface area contributed by atoms with Crippen molar-refractivity contribution in [3.8, 4) is 11.5 Å². The molecule has 6 nitrogen and oxygen atoms in total. The lowest BCUT2D eigenvalue weighted by Crippen LogP contribution is -1.99. The van der Waals surface area contributed by atoms with Gasteiger partial charge in [-0.05, 0) is 17.7 Å². The lowest BCUT2D eigenvalue weighted by molar-refractivity contribution is 1.03. The van der Waals surface area contributed by atoms with Gasteiger partial charge in [-0.15, -0.1) is 10.2 Å². The zero-order valence-corrected chi connectivity index (χ0v) is 13.8. The molecule has 25 heavy (non-hydrogen) atoms. The molecule has 0 atom stereocenters. The van der Waals surface area contributed by atoms with Gasteiger partial charge in [-0.1, -0.05) is 48.0 Å². The van der Waals surface area contributed by atoms with Crippen molar-refractivity contribution in [2.45, 2.75) is 0 Å². The van der Waals surface area contributed by atoms with Gasteiger partial charge in [0.05, 0.1) is 6.21 Å². The quantitative estimate of drug-likeness (QED) is 0.429. The fourth-order valence-corrected chi connectivity index (χ4v) is 2.60. The van der Waals surface area contributed by atoms with Gasteiger partial charge in [0.25, 0.3) is 0 Å². The van der Waals surface area contributed by atoms with Crippen LogP contribution in [0.3, 0.4) is 0 Å². The van der Waals surface area contributed by atoms with Crippen LogP contribution in [0.15, 0.2) is 66.0 Å². The van der Waals surface area contributed by atoms with E-state index in [1.807, 2.05) is 48.5 Å². The average molecular weight is 349 g/mol. The van der Waals surface area contributed by atoms with Crippen LogP contribution < -0.4 is 5.43 Å². The first-order chi connectivity index (χ1) is 12.3. The van der Waals surface area contributed by atoms with Gasteiger partial charge in [-0.3, -0.25) is 5.43 Å². The van der Waals surface area contributed by atoms with E-state index >= 15 is 0 Å². The van der Waals surface area contributed by atoms with Crippen LogP contribution in [0.4, 0.5) is 5.82 Å². The van der Waals surface area contributed by atoms with Gasteiger partial charge in [-0.25, -0.2) is 4.98 Å². The molecule has 0 bridgehead atoms. The van der Waals surface area contributed by atoms with Crippen molar-refractivity contribution >= 4 is 34.4 Å². The van der Waals surface area contributed by atoms with Crippen molar-refractivity contribution in [3.63, 3.8) is 0 Å². The molecule has 0 aliphatic heterocycles. The number of benzene rings is 2. The van der Waals surface area contributed by atoms with Crippen molar-refractivity contribution in [2.24, 2.45) is 5.10 Å². The summed E-state index contributed by atoms with van der Waals surface area (Å²) >= 11 is 5.88. The summed E-state index contributed by atoms with van der Waals surface area (Å²) in [7, 11) is 0. The minimum atomic E-state index is 0.580. The molecular formula is C18H13ClN6. The first-order valence-corrected chi connectivity index (χ1v) is 7.99. The van der Waals surface area contributed by atoms with Crippen LogP contribution in [0.5, 0.6) is 0 Å². The number of fused-ring (bicyclic) bond motifs is 1. The summed E-state index contributed by atoms with van der Waals surface area (Å²) in [6, 6.07) is 15.3. The third-order valence-corrected chi connectivity index (χ3v) is 3.92. The Bertz CT molecular complexity index is 1030. The van der Waals surface area contributed by atoms with Crippen LogP contribution in [0.2, 0.25) is 5.02 Å². The van der Waals surface area contributed by atoms with E-state index in [1.54, 1.807) is 18.6 Å². The normalized spacial score (nSPS) is 11.2. The highest BCUT2D eigenvalue weighted by Crippen LogP contribution is 2.27. The number of imidazole rings is 1. The largest absolute Gasteiger partial charge is 0.343 e. The van der Waals surface area contributed by atoms with Gasteiger partial charge in [0.2, 0.25) is 0 Å². The minimum absolute atomic E-state index is 0.580. The van der Waals surface area contributed by atoms with E-state index in [1.165, 1.54) is 0 Å². The minimum Gasteiger partial charge on any atom is -0.343 e. The first kappa shape index (κ1) is 15.3. The molecule has 0 spiro atoms. The van der Waals surface area contributed by atoms with Crippen molar-refractivity contribution in [1.82, 2.24) is 20.2 Å². The molecule has 2 heterocycles. The Hall–Kier alpha value is -3.25. The molecule has 0 aliphatic rings. The fraction of sp³-hybridized carbons (Fsp3) is 0. The second-order valence-corrected chi connectivity index (χ2v) is 5.74. The third kappa shape index (κ3) is 3.20. The summed E-state index contributed by atoms with van der Waals surface area (Å²) in [4.78, 5) is 7.32. The lowest BCUT2D eigenvalue weighted by atomic mass is 10.1. The van der Waals surface area contributed by atoms with Gasteiger partial charge in [0, 0.05) is 28.2 Å². The molecule has 0 fully saturated rings. The van der Waals surface area contributed by atoms with Gasteiger partial charge in [0.15, 0.2) is 11.6 Å². The molecular weight excluding hydrogens is 336 g/mol. The highest BCUT2D eigenvalue weighted by molar-refractivity contribution is 6.30. The monoisotopic (exact) mass is 348 g/mol. The van der Waals surface area contributed by atoms with Gasteiger partial charge < -0.3 is 4.98 Å².